The summed E-state index contributed by atoms with van der Waals surface area (Å²) in [6.45, 7) is 4.54. The summed E-state index contributed by atoms with van der Waals surface area (Å²) in [5, 5.41) is 13.9. The molecule has 0 aromatic carbocycles. The fourth-order valence-electron chi connectivity index (χ4n) is 8.96. The molecular formula is C66H121N2O6P. The van der Waals surface area contributed by atoms with Crippen molar-refractivity contribution in [1.29, 1.82) is 0 Å². The minimum atomic E-state index is -4.61. The molecule has 0 saturated carbocycles. The summed E-state index contributed by atoms with van der Waals surface area (Å²) in [5.74, 6) is -0.211. The first-order valence-corrected chi connectivity index (χ1v) is 32.9. The second-order valence-corrected chi connectivity index (χ2v) is 23.8. The van der Waals surface area contributed by atoms with E-state index in [0.717, 1.165) is 70.6 Å². The van der Waals surface area contributed by atoms with Crippen LogP contribution in [0.25, 0.3) is 0 Å². The van der Waals surface area contributed by atoms with E-state index in [1.165, 1.54) is 186 Å². The number of unbranched alkanes of at least 4 members (excludes halogenated alkanes) is 32. The third kappa shape index (κ3) is 59.2. The summed E-state index contributed by atoms with van der Waals surface area (Å²) in [5.41, 5.74) is 0. The van der Waals surface area contributed by atoms with Crippen molar-refractivity contribution in [3.8, 4) is 0 Å². The predicted molar refractivity (Wildman–Crippen MR) is 325 cm³/mol. The van der Waals surface area contributed by atoms with Crippen LogP contribution in [-0.2, 0) is 18.4 Å². The molecular weight excluding hydrogens is 948 g/mol. The van der Waals surface area contributed by atoms with Gasteiger partial charge in [-0.05, 0) is 77.0 Å². The van der Waals surface area contributed by atoms with Gasteiger partial charge in [-0.2, -0.15) is 0 Å². The molecule has 3 atom stereocenters. The Kier molecular flexibility index (Phi) is 54.7. The lowest BCUT2D eigenvalue weighted by Gasteiger charge is -2.29. The number of quaternary nitrogens is 1. The van der Waals surface area contributed by atoms with Gasteiger partial charge in [-0.1, -0.05) is 279 Å². The first-order valence-electron chi connectivity index (χ1n) is 31.4. The lowest BCUT2D eigenvalue weighted by Crippen LogP contribution is -2.45. The molecule has 0 spiro atoms. The van der Waals surface area contributed by atoms with E-state index < -0.39 is 26.6 Å². The smallest absolute Gasteiger partial charge is 0.268 e. The summed E-state index contributed by atoms with van der Waals surface area (Å²) in [7, 11) is 1.24. The number of nitrogens with zero attached hydrogens (tertiary/aromatic N) is 1. The molecule has 436 valence electrons. The van der Waals surface area contributed by atoms with E-state index in [9.17, 15) is 19.4 Å². The van der Waals surface area contributed by atoms with Crippen LogP contribution in [0.4, 0.5) is 0 Å². The van der Waals surface area contributed by atoms with E-state index in [1.54, 1.807) is 6.08 Å². The lowest BCUT2D eigenvalue weighted by atomic mass is 10.0. The molecule has 8 nitrogen and oxygen atoms in total. The molecule has 9 heteroatoms. The van der Waals surface area contributed by atoms with Gasteiger partial charge in [0.2, 0.25) is 5.91 Å². The molecule has 0 aromatic heterocycles. The van der Waals surface area contributed by atoms with Crippen LogP contribution < -0.4 is 10.2 Å². The topological polar surface area (TPSA) is 108 Å². The highest BCUT2D eigenvalue weighted by Gasteiger charge is 2.23. The Hall–Kier alpha value is -2.32. The van der Waals surface area contributed by atoms with Gasteiger partial charge in [0.1, 0.15) is 13.2 Å². The van der Waals surface area contributed by atoms with Gasteiger partial charge in [0.05, 0.1) is 39.9 Å². The van der Waals surface area contributed by atoms with E-state index in [0.29, 0.717) is 17.4 Å². The highest BCUT2D eigenvalue weighted by Crippen LogP contribution is 2.38. The van der Waals surface area contributed by atoms with Crippen LogP contribution in [0.5, 0.6) is 0 Å². The van der Waals surface area contributed by atoms with Crippen LogP contribution in [0.1, 0.15) is 277 Å². The Morgan fingerprint density at radius 2 is 0.827 bits per heavy atom. The molecule has 75 heavy (non-hydrogen) atoms. The van der Waals surface area contributed by atoms with Crippen LogP contribution in [0.15, 0.2) is 85.1 Å². The van der Waals surface area contributed by atoms with Crippen LogP contribution >= 0.6 is 7.82 Å². The van der Waals surface area contributed by atoms with Crippen molar-refractivity contribution in [3.05, 3.63) is 85.1 Å². The molecule has 1 amide bonds. The zero-order chi connectivity index (χ0) is 54.9. The molecule has 2 N–H and O–H groups in total. The molecule has 0 rings (SSSR count). The Morgan fingerprint density at radius 3 is 1.24 bits per heavy atom. The second-order valence-electron chi connectivity index (χ2n) is 22.4. The van der Waals surface area contributed by atoms with Gasteiger partial charge in [-0.15, -0.1) is 0 Å². The largest absolute Gasteiger partial charge is 0.756 e. The maximum atomic E-state index is 13.0. The molecule has 0 saturated heterocycles. The highest BCUT2D eigenvalue weighted by atomic mass is 31.2. The number of allylic oxidation sites excluding steroid dienone is 13. The Morgan fingerprint density at radius 1 is 0.480 bits per heavy atom. The van der Waals surface area contributed by atoms with Gasteiger partial charge in [0.15, 0.2) is 0 Å². The van der Waals surface area contributed by atoms with Crippen LogP contribution in [0.3, 0.4) is 0 Å². The van der Waals surface area contributed by atoms with E-state index in [-0.39, 0.29) is 12.5 Å². The zero-order valence-electron chi connectivity index (χ0n) is 49.7. The second kappa shape index (κ2) is 56.4. The average Bonchev–Trinajstić information content (AvgIpc) is 3.37. The summed E-state index contributed by atoms with van der Waals surface area (Å²) < 4.78 is 23.4. The van der Waals surface area contributed by atoms with Crippen molar-refractivity contribution in [3.63, 3.8) is 0 Å². The Bertz CT molecular complexity index is 1500. The molecule has 0 heterocycles. The van der Waals surface area contributed by atoms with Gasteiger partial charge in [-0.3, -0.25) is 9.36 Å². The maximum absolute atomic E-state index is 13.0. The van der Waals surface area contributed by atoms with Crippen LogP contribution in [0.2, 0.25) is 0 Å². The predicted octanol–water partition coefficient (Wildman–Crippen LogP) is 19.0. The summed E-state index contributed by atoms with van der Waals surface area (Å²) in [6, 6.07) is -0.911. The number of phosphoric ester groups is 1. The van der Waals surface area contributed by atoms with Crippen LogP contribution in [0, 0.1) is 0 Å². The first-order chi connectivity index (χ1) is 36.5. The maximum Gasteiger partial charge on any atom is 0.268 e. The summed E-state index contributed by atoms with van der Waals surface area (Å²) in [4.78, 5) is 25.6. The number of carbonyl (C=O) groups excluding carboxylic acids is 1. The molecule has 0 aliphatic rings. The highest BCUT2D eigenvalue weighted by molar-refractivity contribution is 7.45. The molecule has 0 aromatic rings. The average molecular weight is 1070 g/mol. The quantitative estimate of drug-likeness (QED) is 0.0272. The van der Waals surface area contributed by atoms with Gasteiger partial charge in [-0.25, -0.2) is 0 Å². The van der Waals surface area contributed by atoms with E-state index in [4.69, 9.17) is 9.05 Å². The number of nitrogens with one attached hydrogen (secondary N) is 1. The van der Waals surface area contributed by atoms with Gasteiger partial charge >= 0.3 is 0 Å². The van der Waals surface area contributed by atoms with E-state index in [2.05, 4.69) is 92.1 Å². The van der Waals surface area contributed by atoms with Crippen molar-refractivity contribution in [2.24, 2.45) is 0 Å². The third-order valence-electron chi connectivity index (χ3n) is 13.8. The number of aliphatic hydroxyl groups is 1. The third-order valence-corrected chi connectivity index (χ3v) is 14.8. The van der Waals surface area contributed by atoms with Gasteiger partial charge in [0, 0.05) is 6.42 Å². The standard InChI is InChI=1S/C66H121N2O6P/c1-6-8-10-12-14-16-18-20-22-24-26-28-30-32-34-36-38-40-42-44-46-48-50-52-54-56-58-60-66(70)67-64(63-74-75(71,72)73-62-61-68(3,4)5)65(69)59-57-55-53-51-49-47-45-43-41-39-37-35-33-31-29-27-25-23-21-19-17-15-13-11-9-7-2/h8,10,14,16,20,22,26,28,32,34,49,51,57,59,64-65,69H,6-7,9,11-13,15,17-19,21,23-25,27,29-31,33,35-48,50,52-56,58,60-63H2,1-5H3,(H-,67,70,71,72)/b10-8-,16-14-,22-20-,28-26-,34-32-,51-49+,59-57+. The number of aliphatic hydroxyl groups excluding tert-OH is 1. The van der Waals surface area contributed by atoms with E-state index >= 15 is 0 Å². The minimum Gasteiger partial charge on any atom is -0.756 e. The SMILES string of the molecule is CC/C=C\C/C=C\C/C=C\C/C=C\C/C=C\CCCCCCCCCCCCCC(=O)NC(COP(=O)([O-])OCC[N+](C)(C)C)C(O)/C=C/CC/C=C/CCCCCCCCCCCCCCCCCCCCCC. The number of rotatable bonds is 57. The molecule has 0 aliphatic carbocycles. The molecule has 0 radical (unpaired) electrons. The first kappa shape index (κ1) is 72.7. The molecule has 0 fully saturated rings. The molecule has 3 unspecified atom stereocenters. The van der Waals surface area contributed by atoms with Crippen molar-refractivity contribution in [2.75, 3.05) is 40.9 Å². The summed E-state index contributed by atoms with van der Waals surface area (Å²) >= 11 is 0. The minimum absolute atomic E-state index is 0.0101. The Balaban J connectivity index is 4.21. The zero-order valence-corrected chi connectivity index (χ0v) is 50.6. The summed E-state index contributed by atoms with van der Waals surface area (Å²) in [6.07, 6.45) is 79.6. The van der Waals surface area contributed by atoms with Crippen molar-refractivity contribution < 1.29 is 32.9 Å². The monoisotopic (exact) mass is 1070 g/mol. The molecule has 0 bridgehead atoms. The van der Waals surface area contributed by atoms with Gasteiger partial charge < -0.3 is 28.8 Å². The number of likely N-dealkylation sites (N-methyl/N-ethyl adjacent to an activating group) is 1. The number of carbonyl (C=O) groups is 1. The van der Waals surface area contributed by atoms with Crippen molar-refractivity contribution in [1.82, 2.24) is 5.32 Å². The van der Waals surface area contributed by atoms with Crippen LogP contribution in [-0.4, -0.2) is 68.5 Å². The number of phosphoric acid groups is 1. The molecule has 0 aliphatic heterocycles. The number of amides is 1. The normalized spacial score (nSPS) is 14.4. The van der Waals surface area contributed by atoms with Crippen molar-refractivity contribution in [2.45, 2.75) is 289 Å². The van der Waals surface area contributed by atoms with Gasteiger partial charge in [0.25, 0.3) is 7.82 Å². The fraction of sp³-hybridized carbons (Fsp3) is 0.773. The lowest BCUT2D eigenvalue weighted by molar-refractivity contribution is -0.870. The number of hydrogen-bond acceptors (Lipinski definition) is 6. The fourth-order valence-corrected chi connectivity index (χ4v) is 9.69. The van der Waals surface area contributed by atoms with Crippen molar-refractivity contribution >= 4 is 13.7 Å². The Labute approximate surface area is 465 Å². The number of hydrogen-bond donors (Lipinski definition) is 2. The van der Waals surface area contributed by atoms with E-state index in [1.807, 2.05) is 27.2 Å².